The zero-order chi connectivity index (χ0) is 12.0. The van der Waals surface area contributed by atoms with Crippen molar-refractivity contribution < 1.29 is 0 Å². The van der Waals surface area contributed by atoms with Gasteiger partial charge in [0.2, 0.25) is 0 Å². The average Bonchev–Trinajstić information content (AvgIpc) is 2.88. The molecule has 0 bridgehead atoms. The van der Waals surface area contributed by atoms with Crippen LogP contribution in [-0.2, 0) is 7.05 Å². The predicted molar refractivity (Wildman–Crippen MR) is 75.6 cm³/mol. The number of hydrogen-bond donors (Lipinski definition) is 1. The number of aromatic nitrogens is 1. The molecule has 90 valence electrons. The molecule has 1 unspecified atom stereocenters. The Kier molecular flexibility index (Phi) is 2.75. The van der Waals surface area contributed by atoms with Gasteiger partial charge in [-0.05, 0) is 43.7 Å². The quantitative estimate of drug-likeness (QED) is 0.853. The smallest absolute Gasteiger partial charge is 0.0483 e. The molecular weight excluding hydrogens is 276 g/mol. The van der Waals surface area contributed by atoms with E-state index in [1.165, 1.54) is 28.6 Å². The van der Waals surface area contributed by atoms with Crippen molar-refractivity contribution >= 4 is 26.8 Å². The van der Waals surface area contributed by atoms with Crippen LogP contribution in [-0.4, -0.2) is 17.7 Å². The molecule has 1 aliphatic rings. The molecule has 1 atom stereocenters. The van der Waals surface area contributed by atoms with Crippen LogP contribution in [0.2, 0.25) is 0 Å². The first-order chi connectivity index (χ1) is 8.18. The summed E-state index contributed by atoms with van der Waals surface area (Å²) >= 11 is 3.56. The summed E-state index contributed by atoms with van der Waals surface area (Å²) in [5.74, 6) is 0.672. The second kappa shape index (κ2) is 4.14. The Morgan fingerprint density at radius 3 is 2.94 bits per heavy atom. The molecule has 0 spiro atoms. The molecule has 0 saturated carbocycles. The number of fused-ring (bicyclic) bond motifs is 1. The minimum absolute atomic E-state index is 0.672. The Labute approximate surface area is 110 Å². The maximum absolute atomic E-state index is 3.56. The van der Waals surface area contributed by atoms with Gasteiger partial charge >= 0.3 is 0 Å². The van der Waals surface area contributed by atoms with Crippen molar-refractivity contribution in [2.24, 2.45) is 7.05 Å². The standard InChI is InChI=1S/C14H17BrN2/c1-9-12-7-11(15)3-4-13(12)17(2)14(9)10-5-6-16-8-10/h3-4,7,10,16H,5-6,8H2,1-2H3. The van der Waals surface area contributed by atoms with Crippen LogP contribution in [0.5, 0.6) is 0 Å². The van der Waals surface area contributed by atoms with Gasteiger partial charge in [0, 0.05) is 40.6 Å². The summed E-state index contributed by atoms with van der Waals surface area (Å²) in [5, 5.41) is 4.84. The molecule has 0 radical (unpaired) electrons. The van der Waals surface area contributed by atoms with E-state index in [2.05, 4.69) is 58.0 Å². The first-order valence-electron chi connectivity index (χ1n) is 6.13. The van der Waals surface area contributed by atoms with Crippen LogP contribution in [0.3, 0.4) is 0 Å². The van der Waals surface area contributed by atoms with Gasteiger partial charge < -0.3 is 9.88 Å². The molecule has 0 amide bonds. The Bertz CT molecular complexity index is 565. The summed E-state index contributed by atoms with van der Waals surface area (Å²) in [5.41, 5.74) is 4.29. The van der Waals surface area contributed by atoms with Gasteiger partial charge in [0.05, 0.1) is 0 Å². The molecule has 2 nitrogen and oxygen atoms in total. The van der Waals surface area contributed by atoms with E-state index in [-0.39, 0.29) is 0 Å². The summed E-state index contributed by atoms with van der Waals surface area (Å²) in [6.45, 7) is 4.52. The maximum atomic E-state index is 3.56. The minimum Gasteiger partial charge on any atom is -0.347 e. The normalized spacial score (nSPS) is 20.3. The Morgan fingerprint density at radius 1 is 1.41 bits per heavy atom. The van der Waals surface area contributed by atoms with Crippen molar-refractivity contribution in [3.05, 3.63) is 33.9 Å². The molecule has 1 fully saturated rings. The van der Waals surface area contributed by atoms with Gasteiger partial charge in [-0.3, -0.25) is 0 Å². The van der Waals surface area contributed by atoms with E-state index in [1.807, 2.05) is 0 Å². The van der Waals surface area contributed by atoms with Gasteiger partial charge in [-0.2, -0.15) is 0 Å². The molecule has 1 aromatic heterocycles. The number of aryl methyl sites for hydroxylation is 2. The summed E-state index contributed by atoms with van der Waals surface area (Å²) in [7, 11) is 2.19. The number of benzene rings is 1. The molecule has 1 N–H and O–H groups in total. The van der Waals surface area contributed by atoms with Gasteiger partial charge in [-0.1, -0.05) is 15.9 Å². The van der Waals surface area contributed by atoms with Gasteiger partial charge in [-0.15, -0.1) is 0 Å². The Balaban J connectivity index is 2.24. The summed E-state index contributed by atoms with van der Waals surface area (Å²) in [4.78, 5) is 0. The predicted octanol–water partition coefficient (Wildman–Crippen LogP) is 3.33. The average molecular weight is 293 g/mol. The highest BCUT2D eigenvalue weighted by Gasteiger charge is 2.23. The van der Waals surface area contributed by atoms with Crippen molar-refractivity contribution in [2.75, 3.05) is 13.1 Å². The zero-order valence-electron chi connectivity index (χ0n) is 10.3. The molecule has 1 aromatic carbocycles. The Morgan fingerprint density at radius 2 is 2.24 bits per heavy atom. The maximum Gasteiger partial charge on any atom is 0.0483 e. The van der Waals surface area contributed by atoms with Gasteiger partial charge in [0.25, 0.3) is 0 Å². The molecule has 2 heterocycles. The lowest BCUT2D eigenvalue weighted by Crippen LogP contribution is -2.11. The lowest BCUT2D eigenvalue weighted by Gasteiger charge is -2.12. The molecule has 3 heteroatoms. The van der Waals surface area contributed by atoms with Crippen LogP contribution in [0.4, 0.5) is 0 Å². The third kappa shape index (κ3) is 1.72. The highest BCUT2D eigenvalue weighted by molar-refractivity contribution is 9.10. The van der Waals surface area contributed by atoms with E-state index < -0.39 is 0 Å². The topological polar surface area (TPSA) is 17.0 Å². The van der Waals surface area contributed by atoms with Crippen LogP contribution in [0.1, 0.15) is 23.6 Å². The highest BCUT2D eigenvalue weighted by Crippen LogP contribution is 2.33. The van der Waals surface area contributed by atoms with Crippen molar-refractivity contribution in [1.29, 1.82) is 0 Å². The first-order valence-corrected chi connectivity index (χ1v) is 6.93. The third-order valence-electron chi connectivity index (χ3n) is 3.92. The van der Waals surface area contributed by atoms with E-state index in [0.29, 0.717) is 5.92 Å². The Hall–Kier alpha value is -0.800. The molecule has 3 rings (SSSR count). The van der Waals surface area contributed by atoms with Crippen molar-refractivity contribution in [1.82, 2.24) is 9.88 Å². The molecule has 1 aliphatic heterocycles. The van der Waals surface area contributed by atoms with E-state index in [4.69, 9.17) is 0 Å². The molecular formula is C14H17BrN2. The largest absolute Gasteiger partial charge is 0.347 e. The van der Waals surface area contributed by atoms with Crippen molar-refractivity contribution in [3.63, 3.8) is 0 Å². The number of halogens is 1. The van der Waals surface area contributed by atoms with Crippen LogP contribution in [0.25, 0.3) is 10.9 Å². The molecule has 0 aliphatic carbocycles. The first kappa shape index (κ1) is 11.3. The van der Waals surface area contributed by atoms with Gasteiger partial charge in [0.15, 0.2) is 0 Å². The van der Waals surface area contributed by atoms with Crippen LogP contribution < -0.4 is 5.32 Å². The fraction of sp³-hybridized carbons (Fsp3) is 0.429. The lowest BCUT2D eigenvalue weighted by atomic mass is 10.0. The second-order valence-electron chi connectivity index (χ2n) is 4.92. The summed E-state index contributed by atoms with van der Waals surface area (Å²) < 4.78 is 3.53. The third-order valence-corrected chi connectivity index (χ3v) is 4.41. The fourth-order valence-electron chi connectivity index (χ4n) is 3.09. The zero-order valence-corrected chi connectivity index (χ0v) is 11.8. The minimum atomic E-state index is 0.672. The second-order valence-corrected chi connectivity index (χ2v) is 5.84. The number of rotatable bonds is 1. The number of nitrogens with zero attached hydrogens (tertiary/aromatic N) is 1. The molecule has 17 heavy (non-hydrogen) atoms. The summed E-state index contributed by atoms with van der Waals surface area (Å²) in [6, 6.07) is 6.56. The van der Waals surface area contributed by atoms with Crippen LogP contribution >= 0.6 is 15.9 Å². The van der Waals surface area contributed by atoms with Crippen molar-refractivity contribution in [2.45, 2.75) is 19.3 Å². The number of nitrogens with one attached hydrogen (secondary N) is 1. The van der Waals surface area contributed by atoms with E-state index >= 15 is 0 Å². The lowest BCUT2D eigenvalue weighted by molar-refractivity contribution is 0.688. The number of hydrogen-bond acceptors (Lipinski definition) is 1. The summed E-state index contributed by atoms with van der Waals surface area (Å²) in [6.07, 6.45) is 1.26. The van der Waals surface area contributed by atoms with E-state index in [0.717, 1.165) is 17.6 Å². The van der Waals surface area contributed by atoms with Gasteiger partial charge in [0.1, 0.15) is 0 Å². The van der Waals surface area contributed by atoms with Crippen LogP contribution in [0.15, 0.2) is 22.7 Å². The van der Waals surface area contributed by atoms with E-state index in [9.17, 15) is 0 Å². The monoisotopic (exact) mass is 292 g/mol. The van der Waals surface area contributed by atoms with E-state index in [1.54, 1.807) is 0 Å². The van der Waals surface area contributed by atoms with Crippen molar-refractivity contribution in [3.8, 4) is 0 Å². The molecule has 2 aromatic rings. The fourth-order valence-corrected chi connectivity index (χ4v) is 3.45. The van der Waals surface area contributed by atoms with Gasteiger partial charge in [-0.25, -0.2) is 0 Å². The molecule has 1 saturated heterocycles. The SMILES string of the molecule is Cc1c(C2CCNC2)n(C)c2ccc(Br)cc12. The highest BCUT2D eigenvalue weighted by atomic mass is 79.9. The van der Waals surface area contributed by atoms with Crippen LogP contribution in [0, 0.1) is 6.92 Å².